The third kappa shape index (κ3) is 3.31. The van der Waals surface area contributed by atoms with E-state index in [2.05, 4.69) is 6.07 Å². The van der Waals surface area contributed by atoms with Gasteiger partial charge in [-0.05, 0) is 56.6 Å². The van der Waals surface area contributed by atoms with Crippen molar-refractivity contribution in [1.82, 2.24) is 0 Å². The molecule has 0 aromatic heterocycles. The highest BCUT2D eigenvalue weighted by Crippen LogP contribution is 2.37. The number of fused-ring (bicyclic) bond motifs is 1. The van der Waals surface area contributed by atoms with Gasteiger partial charge in [0.15, 0.2) is 0 Å². The number of rotatable bonds is 3. The Balaban J connectivity index is 1.49. The molecular weight excluding hydrogens is 314 g/mol. The highest BCUT2D eigenvalue weighted by molar-refractivity contribution is 5.99. The molecule has 1 aromatic carbocycles. The topological polar surface area (TPSA) is 46.6 Å². The highest BCUT2D eigenvalue weighted by atomic mass is 16.5. The van der Waals surface area contributed by atoms with Crippen molar-refractivity contribution in [2.45, 2.75) is 63.9 Å². The van der Waals surface area contributed by atoms with Gasteiger partial charge >= 0.3 is 5.97 Å². The number of esters is 1. The van der Waals surface area contributed by atoms with E-state index in [9.17, 15) is 9.59 Å². The van der Waals surface area contributed by atoms with Gasteiger partial charge in [0, 0.05) is 12.2 Å². The molecule has 1 aromatic rings. The first-order valence-corrected chi connectivity index (χ1v) is 9.84. The number of amides is 1. The monoisotopic (exact) mass is 341 g/mol. The molecule has 4 heteroatoms. The quantitative estimate of drug-likeness (QED) is 0.784. The van der Waals surface area contributed by atoms with E-state index in [0.29, 0.717) is 0 Å². The summed E-state index contributed by atoms with van der Waals surface area (Å²) in [7, 11) is 0. The number of hydrogen-bond acceptors (Lipinski definition) is 3. The number of nitrogens with zero attached hydrogens (tertiary/aromatic N) is 1. The van der Waals surface area contributed by atoms with Gasteiger partial charge in [-0.2, -0.15) is 0 Å². The molecule has 2 atom stereocenters. The summed E-state index contributed by atoms with van der Waals surface area (Å²) in [4.78, 5) is 27.9. The SMILES string of the molecule is O=C(OC1CCCC1)[C@H]1CCCC[C@@H]1C(=O)N1CCc2ccccc21. The molecule has 134 valence electrons. The average Bonchev–Trinajstić information content (AvgIpc) is 3.30. The van der Waals surface area contributed by atoms with Crippen molar-refractivity contribution in [2.75, 3.05) is 11.4 Å². The third-order valence-corrected chi connectivity index (χ3v) is 6.12. The van der Waals surface area contributed by atoms with Crippen LogP contribution in [0.3, 0.4) is 0 Å². The molecule has 0 unspecified atom stereocenters. The van der Waals surface area contributed by atoms with E-state index in [4.69, 9.17) is 4.74 Å². The Kier molecular flexibility index (Phi) is 4.78. The fourth-order valence-corrected chi connectivity index (χ4v) is 4.73. The minimum Gasteiger partial charge on any atom is -0.462 e. The lowest BCUT2D eigenvalue weighted by molar-refractivity contribution is -0.159. The largest absolute Gasteiger partial charge is 0.462 e. The summed E-state index contributed by atoms with van der Waals surface area (Å²) in [5.41, 5.74) is 2.26. The van der Waals surface area contributed by atoms with Crippen LogP contribution in [0, 0.1) is 11.8 Å². The molecule has 1 heterocycles. The molecule has 1 aliphatic heterocycles. The zero-order chi connectivity index (χ0) is 17.2. The van der Waals surface area contributed by atoms with E-state index in [1.807, 2.05) is 23.1 Å². The zero-order valence-corrected chi connectivity index (χ0v) is 14.8. The van der Waals surface area contributed by atoms with Crippen LogP contribution in [0.2, 0.25) is 0 Å². The van der Waals surface area contributed by atoms with E-state index in [1.165, 1.54) is 5.56 Å². The van der Waals surface area contributed by atoms with Crippen LogP contribution in [0.25, 0.3) is 0 Å². The molecule has 2 aliphatic carbocycles. The van der Waals surface area contributed by atoms with Crippen LogP contribution >= 0.6 is 0 Å². The van der Waals surface area contributed by atoms with E-state index in [-0.39, 0.29) is 29.8 Å². The second-order valence-electron chi connectivity index (χ2n) is 7.71. The molecule has 0 bridgehead atoms. The molecule has 0 saturated heterocycles. The zero-order valence-electron chi connectivity index (χ0n) is 14.8. The van der Waals surface area contributed by atoms with Crippen molar-refractivity contribution >= 4 is 17.6 Å². The van der Waals surface area contributed by atoms with E-state index < -0.39 is 0 Å². The molecule has 0 radical (unpaired) electrons. The fourth-order valence-electron chi connectivity index (χ4n) is 4.73. The van der Waals surface area contributed by atoms with Crippen molar-refractivity contribution in [3.05, 3.63) is 29.8 Å². The van der Waals surface area contributed by atoms with E-state index >= 15 is 0 Å². The van der Waals surface area contributed by atoms with Gasteiger partial charge in [-0.15, -0.1) is 0 Å². The first-order chi connectivity index (χ1) is 12.2. The lowest BCUT2D eigenvalue weighted by atomic mass is 9.78. The first kappa shape index (κ1) is 16.6. The van der Waals surface area contributed by atoms with Gasteiger partial charge in [0.05, 0.1) is 11.8 Å². The average molecular weight is 341 g/mol. The van der Waals surface area contributed by atoms with Crippen LogP contribution in [0.1, 0.15) is 56.9 Å². The van der Waals surface area contributed by atoms with E-state index in [1.54, 1.807) is 0 Å². The molecule has 4 rings (SSSR count). The Hall–Kier alpha value is -1.84. The number of hydrogen-bond donors (Lipinski definition) is 0. The normalized spacial score (nSPS) is 26.5. The molecule has 2 fully saturated rings. The minimum atomic E-state index is -0.255. The maximum atomic E-state index is 13.2. The molecule has 25 heavy (non-hydrogen) atoms. The number of carbonyl (C=O) groups excluding carboxylic acids is 2. The van der Waals surface area contributed by atoms with Crippen molar-refractivity contribution < 1.29 is 14.3 Å². The van der Waals surface area contributed by atoms with Crippen LogP contribution in [0.4, 0.5) is 5.69 Å². The Morgan fingerprint density at radius 1 is 0.920 bits per heavy atom. The molecule has 3 aliphatic rings. The molecular formula is C21H27NO3. The molecule has 4 nitrogen and oxygen atoms in total. The third-order valence-electron chi connectivity index (χ3n) is 6.12. The minimum absolute atomic E-state index is 0.0812. The van der Waals surface area contributed by atoms with Crippen molar-refractivity contribution in [2.24, 2.45) is 11.8 Å². The summed E-state index contributed by atoms with van der Waals surface area (Å²) in [5.74, 6) is -0.473. The van der Waals surface area contributed by atoms with Crippen molar-refractivity contribution in [1.29, 1.82) is 0 Å². The van der Waals surface area contributed by atoms with Gasteiger partial charge in [-0.25, -0.2) is 0 Å². The molecule has 2 saturated carbocycles. The summed E-state index contributed by atoms with van der Waals surface area (Å²) in [6.07, 6.45) is 8.89. The van der Waals surface area contributed by atoms with Gasteiger partial charge in [0.1, 0.15) is 6.10 Å². The van der Waals surface area contributed by atoms with Crippen LogP contribution in [0.5, 0.6) is 0 Å². The second kappa shape index (κ2) is 7.19. The first-order valence-electron chi connectivity index (χ1n) is 9.84. The maximum Gasteiger partial charge on any atom is 0.310 e. The van der Waals surface area contributed by atoms with Crippen molar-refractivity contribution in [3.8, 4) is 0 Å². The Morgan fingerprint density at radius 2 is 1.60 bits per heavy atom. The summed E-state index contributed by atoms with van der Waals surface area (Å²) < 4.78 is 5.75. The van der Waals surface area contributed by atoms with Crippen LogP contribution < -0.4 is 4.90 Å². The molecule has 0 spiro atoms. The Bertz CT molecular complexity index is 650. The standard InChI is InChI=1S/C21H27NO3/c23-20(22-14-13-15-7-1-6-12-19(15)22)17-10-4-5-11-18(17)21(24)25-16-8-2-3-9-16/h1,6-7,12,16-18H,2-5,8-11,13-14H2/t17-,18-/m0/s1. The molecule has 1 amide bonds. The van der Waals surface area contributed by atoms with Gasteiger partial charge in [0.25, 0.3) is 0 Å². The van der Waals surface area contributed by atoms with Gasteiger partial charge in [-0.3, -0.25) is 9.59 Å². The van der Waals surface area contributed by atoms with Gasteiger partial charge < -0.3 is 9.64 Å². The van der Waals surface area contributed by atoms with Gasteiger partial charge in [0.2, 0.25) is 5.91 Å². The lowest BCUT2D eigenvalue weighted by Gasteiger charge is -2.32. The number of anilines is 1. The fraction of sp³-hybridized carbons (Fsp3) is 0.619. The second-order valence-corrected chi connectivity index (χ2v) is 7.71. The number of ether oxygens (including phenoxy) is 1. The highest BCUT2D eigenvalue weighted by Gasteiger charge is 2.41. The predicted octanol–water partition coefficient (Wildman–Crippen LogP) is 3.87. The smallest absolute Gasteiger partial charge is 0.310 e. The Morgan fingerprint density at radius 3 is 2.40 bits per heavy atom. The summed E-state index contributed by atoms with van der Waals surface area (Å²) >= 11 is 0. The number of benzene rings is 1. The summed E-state index contributed by atoms with van der Waals surface area (Å²) in [6.45, 7) is 0.735. The number of para-hydroxylation sites is 1. The Labute approximate surface area is 149 Å². The maximum absolute atomic E-state index is 13.2. The number of carbonyl (C=O) groups is 2. The van der Waals surface area contributed by atoms with Crippen molar-refractivity contribution in [3.63, 3.8) is 0 Å². The molecule has 0 N–H and O–H groups in total. The van der Waals surface area contributed by atoms with Crippen LogP contribution in [-0.2, 0) is 20.7 Å². The summed E-state index contributed by atoms with van der Waals surface area (Å²) in [6, 6.07) is 8.12. The predicted molar refractivity (Wildman–Crippen MR) is 96.3 cm³/mol. The van der Waals surface area contributed by atoms with Gasteiger partial charge in [-0.1, -0.05) is 31.0 Å². The summed E-state index contributed by atoms with van der Waals surface area (Å²) in [5, 5.41) is 0. The van der Waals surface area contributed by atoms with E-state index in [0.717, 1.165) is 70.0 Å². The van der Waals surface area contributed by atoms with Crippen LogP contribution in [-0.4, -0.2) is 24.5 Å². The lowest BCUT2D eigenvalue weighted by Crippen LogP contribution is -2.43. The van der Waals surface area contributed by atoms with Crippen LogP contribution in [0.15, 0.2) is 24.3 Å².